The van der Waals surface area contributed by atoms with Crippen LogP contribution in [0.15, 0.2) is 12.4 Å². The van der Waals surface area contributed by atoms with Gasteiger partial charge in [0.2, 0.25) is 0 Å². The van der Waals surface area contributed by atoms with Gasteiger partial charge in [0.25, 0.3) is 0 Å². The summed E-state index contributed by atoms with van der Waals surface area (Å²) in [7, 11) is 2.20. The molecule has 1 aromatic rings. The van der Waals surface area contributed by atoms with Crippen molar-refractivity contribution >= 4 is 0 Å². The number of nitrogens with one attached hydrogen (secondary N) is 2. The number of likely N-dealkylation sites (tertiary alicyclic amines) is 1. The number of hydrogen-bond acceptors (Lipinski definition) is 3. The molecule has 1 saturated heterocycles. The summed E-state index contributed by atoms with van der Waals surface area (Å²) >= 11 is 0. The average Bonchev–Trinajstić information content (AvgIpc) is 2.73. The summed E-state index contributed by atoms with van der Waals surface area (Å²) in [5.41, 5.74) is 0. The number of rotatable bonds is 3. The van der Waals surface area contributed by atoms with Crippen LogP contribution >= 0.6 is 0 Å². The Morgan fingerprint density at radius 1 is 1.67 bits per heavy atom. The fraction of sp³-hybridized carbons (Fsp3) is 0.727. The van der Waals surface area contributed by atoms with Gasteiger partial charge in [-0.3, -0.25) is 0 Å². The van der Waals surface area contributed by atoms with Gasteiger partial charge in [-0.2, -0.15) is 0 Å². The van der Waals surface area contributed by atoms with Crippen LogP contribution in [0.2, 0.25) is 0 Å². The maximum absolute atomic E-state index is 4.21. The van der Waals surface area contributed by atoms with Crippen LogP contribution in [0.4, 0.5) is 0 Å². The van der Waals surface area contributed by atoms with E-state index in [2.05, 4.69) is 34.2 Å². The molecule has 1 fully saturated rings. The van der Waals surface area contributed by atoms with Gasteiger partial charge in [0, 0.05) is 24.5 Å². The third-order valence-electron chi connectivity index (χ3n) is 3.32. The van der Waals surface area contributed by atoms with Crippen LogP contribution in [0.5, 0.6) is 0 Å². The van der Waals surface area contributed by atoms with Gasteiger partial charge in [-0.1, -0.05) is 0 Å². The van der Waals surface area contributed by atoms with E-state index in [-0.39, 0.29) is 0 Å². The van der Waals surface area contributed by atoms with Crippen LogP contribution in [0.3, 0.4) is 0 Å². The number of H-pyrrole nitrogens is 1. The molecule has 0 aromatic carbocycles. The Kier molecular flexibility index (Phi) is 3.38. The first-order valence-electron chi connectivity index (χ1n) is 5.67. The summed E-state index contributed by atoms with van der Waals surface area (Å²) < 4.78 is 0. The van der Waals surface area contributed by atoms with Gasteiger partial charge in [-0.25, -0.2) is 4.98 Å². The summed E-state index contributed by atoms with van der Waals surface area (Å²) in [6.45, 7) is 4.34. The van der Waals surface area contributed by atoms with Crippen molar-refractivity contribution in [2.45, 2.75) is 38.4 Å². The van der Waals surface area contributed by atoms with Crippen molar-refractivity contribution in [3.8, 4) is 0 Å². The lowest BCUT2D eigenvalue weighted by Crippen LogP contribution is -2.45. The second-order valence-corrected chi connectivity index (χ2v) is 4.47. The molecule has 0 bridgehead atoms. The minimum absolute atomic E-state index is 0.640. The zero-order chi connectivity index (χ0) is 10.7. The Labute approximate surface area is 91.1 Å². The maximum Gasteiger partial charge on any atom is 0.120 e. The second kappa shape index (κ2) is 4.77. The Balaban J connectivity index is 1.76. The molecule has 1 aliphatic rings. The highest BCUT2D eigenvalue weighted by Gasteiger charge is 2.22. The lowest BCUT2D eigenvalue weighted by atomic mass is 9.99. The fourth-order valence-electron chi connectivity index (χ4n) is 2.11. The van der Waals surface area contributed by atoms with E-state index < -0.39 is 0 Å². The second-order valence-electron chi connectivity index (χ2n) is 4.47. The van der Waals surface area contributed by atoms with Crippen LogP contribution in [0.1, 0.15) is 25.6 Å². The van der Waals surface area contributed by atoms with Gasteiger partial charge in [0.05, 0.1) is 6.54 Å². The van der Waals surface area contributed by atoms with Crippen molar-refractivity contribution < 1.29 is 0 Å². The topological polar surface area (TPSA) is 44.0 Å². The third kappa shape index (κ3) is 2.79. The highest BCUT2D eigenvalue weighted by atomic mass is 15.1. The van der Waals surface area contributed by atoms with E-state index in [1.54, 1.807) is 6.20 Å². The fourth-order valence-corrected chi connectivity index (χ4v) is 2.11. The van der Waals surface area contributed by atoms with E-state index in [9.17, 15) is 0 Å². The Morgan fingerprint density at radius 3 is 3.20 bits per heavy atom. The van der Waals surface area contributed by atoms with Crippen LogP contribution in [-0.4, -0.2) is 40.5 Å². The number of nitrogens with zero attached hydrogens (tertiary/aromatic N) is 2. The molecule has 2 unspecified atom stereocenters. The van der Waals surface area contributed by atoms with Crippen molar-refractivity contribution in [3.63, 3.8) is 0 Å². The molecule has 2 N–H and O–H groups in total. The molecular weight excluding hydrogens is 188 g/mol. The van der Waals surface area contributed by atoms with Crippen molar-refractivity contribution in [1.82, 2.24) is 20.2 Å². The summed E-state index contributed by atoms with van der Waals surface area (Å²) in [6, 6.07) is 1.33. The number of hydrogen-bond donors (Lipinski definition) is 2. The van der Waals surface area contributed by atoms with Gasteiger partial charge < -0.3 is 15.2 Å². The number of aromatic nitrogens is 2. The van der Waals surface area contributed by atoms with Crippen molar-refractivity contribution in [2.75, 3.05) is 13.6 Å². The average molecular weight is 208 g/mol. The lowest BCUT2D eigenvalue weighted by Gasteiger charge is -2.35. The van der Waals surface area contributed by atoms with Gasteiger partial charge in [0.15, 0.2) is 0 Å². The normalized spacial score (nSPS) is 28.1. The van der Waals surface area contributed by atoms with Crippen molar-refractivity contribution in [3.05, 3.63) is 18.2 Å². The molecule has 0 amide bonds. The molecule has 0 radical (unpaired) electrons. The first-order chi connectivity index (χ1) is 7.25. The number of piperidine rings is 1. The SMILES string of the molecule is CC1CC(NCc2ncc[nH]2)CCN1C. The molecule has 84 valence electrons. The molecule has 4 nitrogen and oxygen atoms in total. The van der Waals surface area contributed by atoms with Gasteiger partial charge in [-0.15, -0.1) is 0 Å². The number of aromatic amines is 1. The van der Waals surface area contributed by atoms with Crippen molar-refractivity contribution in [1.29, 1.82) is 0 Å². The molecule has 2 atom stereocenters. The molecule has 0 saturated carbocycles. The van der Waals surface area contributed by atoms with Gasteiger partial charge in [0.1, 0.15) is 5.82 Å². The van der Waals surface area contributed by atoms with E-state index in [1.807, 2.05) is 6.20 Å². The molecule has 0 spiro atoms. The first kappa shape index (κ1) is 10.6. The van der Waals surface area contributed by atoms with E-state index in [1.165, 1.54) is 19.4 Å². The monoisotopic (exact) mass is 208 g/mol. The van der Waals surface area contributed by atoms with Crippen LogP contribution in [0, 0.1) is 0 Å². The molecule has 15 heavy (non-hydrogen) atoms. The third-order valence-corrected chi connectivity index (χ3v) is 3.32. The quantitative estimate of drug-likeness (QED) is 0.778. The highest BCUT2D eigenvalue weighted by molar-refractivity contribution is 4.88. The van der Waals surface area contributed by atoms with E-state index in [4.69, 9.17) is 0 Å². The molecule has 1 aliphatic heterocycles. The lowest BCUT2D eigenvalue weighted by molar-refractivity contribution is 0.167. The molecule has 1 aromatic heterocycles. The summed E-state index contributed by atoms with van der Waals surface area (Å²) in [4.78, 5) is 9.74. The summed E-state index contributed by atoms with van der Waals surface area (Å²) in [6.07, 6.45) is 6.14. The predicted molar refractivity (Wildman–Crippen MR) is 60.5 cm³/mol. The Hall–Kier alpha value is -0.870. The van der Waals surface area contributed by atoms with Crippen molar-refractivity contribution in [2.24, 2.45) is 0 Å². The summed E-state index contributed by atoms with van der Waals surface area (Å²) in [5.74, 6) is 1.03. The maximum atomic E-state index is 4.21. The smallest absolute Gasteiger partial charge is 0.120 e. The van der Waals surface area contributed by atoms with Gasteiger partial charge in [-0.05, 0) is 33.4 Å². The minimum Gasteiger partial charge on any atom is -0.348 e. The molecule has 2 heterocycles. The largest absolute Gasteiger partial charge is 0.348 e. The standard InChI is InChI=1S/C11H20N4/c1-9-7-10(3-6-15(9)2)14-8-11-12-4-5-13-11/h4-5,9-10,14H,3,6-8H2,1-2H3,(H,12,13). The zero-order valence-corrected chi connectivity index (χ0v) is 9.53. The minimum atomic E-state index is 0.640. The van der Waals surface area contributed by atoms with Crippen LogP contribution in [0.25, 0.3) is 0 Å². The first-order valence-corrected chi connectivity index (χ1v) is 5.67. The number of imidazole rings is 1. The van der Waals surface area contributed by atoms with E-state index in [0.29, 0.717) is 12.1 Å². The molecule has 2 rings (SSSR count). The van der Waals surface area contributed by atoms with Gasteiger partial charge >= 0.3 is 0 Å². The molecule has 0 aliphatic carbocycles. The summed E-state index contributed by atoms with van der Waals surface area (Å²) in [5, 5.41) is 3.55. The zero-order valence-electron chi connectivity index (χ0n) is 9.53. The Morgan fingerprint density at radius 2 is 2.53 bits per heavy atom. The van der Waals surface area contributed by atoms with Crippen LogP contribution < -0.4 is 5.32 Å². The molecular formula is C11H20N4. The predicted octanol–water partition coefficient (Wildman–Crippen LogP) is 0.982. The Bertz CT molecular complexity index is 283. The van der Waals surface area contributed by atoms with Crippen LogP contribution in [-0.2, 0) is 6.54 Å². The van der Waals surface area contributed by atoms with E-state index >= 15 is 0 Å². The highest BCUT2D eigenvalue weighted by Crippen LogP contribution is 2.15. The van der Waals surface area contributed by atoms with E-state index in [0.717, 1.165) is 12.4 Å². The molecule has 4 heteroatoms.